The summed E-state index contributed by atoms with van der Waals surface area (Å²) in [5, 5.41) is 3.11. The van der Waals surface area contributed by atoms with Crippen molar-refractivity contribution in [3.8, 4) is 0 Å². The lowest BCUT2D eigenvalue weighted by molar-refractivity contribution is 0.797. The highest BCUT2D eigenvalue weighted by atomic mass is 15.2. The van der Waals surface area contributed by atoms with Crippen molar-refractivity contribution in [2.45, 2.75) is 26.8 Å². The second-order valence-corrected chi connectivity index (χ2v) is 4.63. The van der Waals surface area contributed by atoms with E-state index in [1.165, 1.54) is 5.56 Å². The minimum atomic E-state index is 0.839. The number of aryl methyl sites for hydroxylation is 1. The van der Waals surface area contributed by atoms with Crippen LogP contribution in [0.15, 0.2) is 36.4 Å². The molecule has 2 rings (SSSR count). The topological polar surface area (TPSA) is 41.1 Å². The summed E-state index contributed by atoms with van der Waals surface area (Å²) in [4.78, 5) is 11.3. The van der Waals surface area contributed by atoms with Gasteiger partial charge < -0.3 is 10.2 Å². The van der Waals surface area contributed by atoms with Crippen LogP contribution < -0.4 is 10.2 Å². The normalized spacial score (nSPS) is 10.3. The minimum Gasteiger partial charge on any atom is -0.373 e. The number of nitrogens with zero attached hydrogens (tertiary/aromatic N) is 3. The van der Waals surface area contributed by atoms with Gasteiger partial charge in [-0.15, -0.1) is 0 Å². The lowest BCUT2D eigenvalue weighted by Gasteiger charge is -2.23. The van der Waals surface area contributed by atoms with Gasteiger partial charge >= 0.3 is 0 Å². The number of hydrogen-bond donors (Lipinski definition) is 1. The van der Waals surface area contributed by atoms with E-state index in [0.29, 0.717) is 0 Å². The third-order valence-corrected chi connectivity index (χ3v) is 3.25. The van der Waals surface area contributed by atoms with Gasteiger partial charge in [0.25, 0.3) is 0 Å². The van der Waals surface area contributed by atoms with Gasteiger partial charge in [0.05, 0.1) is 0 Å². The zero-order chi connectivity index (χ0) is 14.4. The van der Waals surface area contributed by atoms with E-state index >= 15 is 0 Å². The van der Waals surface area contributed by atoms with Gasteiger partial charge in [-0.05, 0) is 12.5 Å². The fourth-order valence-corrected chi connectivity index (χ4v) is 2.09. The fourth-order valence-electron chi connectivity index (χ4n) is 2.09. The lowest BCUT2D eigenvalue weighted by atomic mass is 10.2. The van der Waals surface area contributed by atoms with Gasteiger partial charge in [-0.1, -0.05) is 37.3 Å². The largest absolute Gasteiger partial charge is 0.373 e. The highest BCUT2D eigenvalue weighted by molar-refractivity contribution is 5.49. The summed E-state index contributed by atoms with van der Waals surface area (Å²) in [6.07, 6.45) is 0.839. The average molecular weight is 270 g/mol. The molecule has 0 aliphatic heterocycles. The van der Waals surface area contributed by atoms with Crippen LogP contribution in [0.1, 0.15) is 25.2 Å². The quantitative estimate of drug-likeness (QED) is 0.875. The Kier molecular flexibility index (Phi) is 4.93. The fraction of sp³-hybridized carbons (Fsp3) is 0.375. The molecule has 0 bridgehead atoms. The Morgan fingerprint density at radius 2 is 1.85 bits per heavy atom. The van der Waals surface area contributed by atoms with E-state index in [4.69, 9.17) is 0 Å². The monoisotopic (exact) mass is 270 g/mol. The highest BCUT2D eigenvalue weighted by Gasteiger charge is 2.10. The van der Waals surface area contributed by atoms with E-state index in [9.17, 15) is 0 Å². The van der Waals surface area contributed by atoms with Gasteiger partial charge in [-0.3, -0.25) is 0 Å². The first-order valence-corrected chi connectivity index (χ1v) is 7.11. The van der Waals surface area contributed by atoms with Crippen molar-refractivity contribution < 1.29 is 0 Å². The molecule has 0 saturated heterocycles. The molecule has 0 fully saturated rings. The second kappa shape index (κ2) is 6.89. The number of rotatable bonds is 6. The number of anilines is 2. The molecule has 0 aliphatic carbocycles. The molecule has 2 aromatic rings. The maximum atomic E-state index is 4.64. The molecule has 4 heteroatoms. The van der Waals surface area contributed by atoms with Crippen LogP contribution in [-0.4, -0.2) is 23.6 Å². The molecule has 0 saturated carbocycles. The van der Waals surface area contributed by atoms with Crippen molar-refractivity contribution in [1.82, 2.24) is 9.97 Å². The van der Waals surface area contributed by atoms with Crippen molar-refractivity contribution in [2.24, 2.45) is 0 Å². The first-order valence-electron chi connectivity index (χ1n) is 7.11. The molecule has 0 atom stereocenters. The predicted molar refractivity (Wildman–Crippen MR) is 84.1 cm³/mol. The third-order valence-electron chi connectivity index (χ3n) is 3.25. The summed E-state index contributed by atoms with van der Waals surface area (Å²) < 4.78 is 0. The molecule has 0 amide bonds. The Morgan fingerprint density at radius 1 is 1.10 bits per heavy atom. The van der Waals surface area contributed by atoms with Gasteiger partial charge in [0.1, 0.15) is 17.5 Å². The SMILES string of the molecule is CCc1nc(NC)cc(N(CC)Cc2ccccc2)n1. The van der Waals surface area contributed by atoms with Gasteiger partial charge in [0.2, 0.25) is 0 Å². The van der Waals surface area contributed by atoms with E-state index in [2.05, 4.69) is 58.3 Å². The molecule has 4 nitrogen and oxygen atoms in total. The van der Waals surface area contributed by atoms with E-state index < -0.39 is 0 Å². The third kappa shape index (κ3) is 3.47. The molecule has 106 valence electrons. The number of hydrogen-bond acceptors (Lipinski definition) is 4. The minimum absolute atomic E-state index is 0.839. The van der Waals surface area contributed by atoms with Crippen molar-refractivity contribution in [3.05, 3.63) is 47.8 Å². The van der Waals surface area contributed by atoms with Crippen molar-refractivity contribution in [3.63, 3.8) is 0 Å². The maximum Gasteiger partial charge on any atom is 0.134 e. The van der Waals surface area contributed by atoms with Crippen LogP contribution in [-0.2, 0) is 13.0 Å². The molecular weight excluding hydrogens is 248 g/mol. The summed E-state index contributed by atoms with van der Waals surface area (Å²) >= 11 is 0. The van der Waals surface area contributed by atoms with E-state index in [1.807, 2.05) is 19.2 Å². The van der Waals surface area contributed by atoms with Crippen LogP contribution in [0.25, 0.3) is 0 Å². The van der Waals surface area contributed by atoms with Crippen LogP contribution >= 0.6 is 0 Å². The van der Waals surface area contributed by atoms with E-state index in [0.717, 1.165) is 37.0 Å². The Hall–Kier alpha value is -2.10. The van der Waals surface area contributed by atoms with Crippen LogP contribution in [0.4, 0.5) is 11.6 Å². The standard InChI is InChI=1S/C16H22N4/c1-4-14-18-15(17-3)11-16(19-14)20(5-2)12-13-9-7-6-8-10-13/h6-11H,4-5,12H2,1-3H3,(H,17,18,19). The molecular formula is C16H22N4. The van der Waals surface area contributed by atoms with Crippen LogP contribution in [0.5, 0.6) is 0 Å². The number of benzene rings is 1. The Morgan fingerprint density at radius 3 is 2.45 bits per heavy atom. The van der Waals surface area contributed by atoms with Crippen LogP contribution in [0, 0.1) is 0 Å². The lowest BCUT2D eigenvalue weighted by Crippen LogP contribution is -2.24. The van der Waals surface area contributed by atoms with Crippen molar-refractivity contribution >= 4 is 11.6 Å². The predicted octanol–water partition coefficient (Wildman–Crippen LogP) is 3.11. The zero-order valence-electron chi connectivity index (χ0n) is 12.4. The summed E-state index contributed by atoms with van der Waals surface area (Å²) in [6.45, 7) is 6.00. The molecule has 1 heterocycles. The molecule has 1 aromatic heterocycles. The van der Waals surface area contributed by atoms with Crippen LogP contribution in [0.3, 0.4) is 0 Å². The van der Waals surface area contributed by atoms with Crippen LogP contribution in [0.2, 0.25) is 0 Å². The van der Waals surface area contributed by atoms with Crippen molar-refractivity contribution in [2.75, 3.05) is 23.8 Å². The van der Waals surface area contributed by atoms with Crippen molar-refractivity contribution in [1.29, 1.82) is 0 Å². The highest BCUT2D eigenvalue weighted by Crippen LogP contribution is 2.18. The van der Waals surface area contributed by atoms with Gasteiger partial charge in [0, 0.05) is 32.6 Å². The molecule has 0 spiro atoms. The maximum absolute atomic E-state index is 4.64. The molecule has 0 aliphatic rings. The molecule has 1 N–H and O–H groups in total. The van der Waals surface area contributed by atoms with Gasteiger partial charge in [-0.2, -0.15) is 0 Å². The Balaban J connectivity index is 2.26. The smallest absolute Gasteiger partial charge is 0.134 e. The average Bonchev–Trinajstić information content (AvgIpc) is 2.53. The molecule has 0 radical (unpaired) electrons. The number of nitrogens with one attached hydrogen (secondary N) is 1. The summed E-state index contributed by atoms with van der Waals surface area (Å²) in [7, 11) is 1.89. The Bertz CT molecular complexity index is 517. The summed E-state index contributed by atoms with van der Waals surface area (Å²) in [6, 6.07) is 12.5. The molecule has 0 unspecified atom stereocenters. The first kappa shape index (κ1) is 14.3. The zero-order valence-corrected chi connectivity index (χ0v) is 12.4. The second-order valence-electron chi connectivity index (χ2n) is 4.63. The van der Waals surface area contributed by atoms with E-state index in [-0.39, 0.29) is 0 Å². The van der Waals surface area contributed by atoms with Gasteiger partial charge in [-0.25, -0.2) is 9.97 Å². The van der Waals surface area contributed by atoms with Gasteiger partial charge in [0.15, 0.2) is 0 Å². The molecule has 1 aromatic carbocycles. The summed E-state index contributed by atoms with van der Waals surface area (Å²) in [5.74, 6) is 2.73. The summed E-state index contributed by atoms with van der Waals surface area (Å²) in [5.41, 5.74) is 1.29. The molecule has 20 heavy (non-hydrogen) atoms. The number of aromatic nitrogens is 2. The Labute approximate surface area is 120 Å². The van der Waals surface area contributed by atoms with E-state index in [1.54, 1.807) is 0 Å². The first-order chi connectivity index (χ1) is 9.76.